The maximum absolute atomic E-state index is 12.4. The molecule has 6 aromatic carbocycles. The van der Waals surface area contributed by atoms with E-state index in [2.05, 4.69) is 124 Å². The Morgan fingerprint density at radius 1 is 0.724 bits per heavy atom. The summed E-state index contributed by atoms with van der Waals surface area (Å²) in [5.74, 6) is 0.831. The molecular weight excluding hydrogens is 896 g/mol. The Hall–Kier alpha value is -6.28. The molecule has 7 heteroatoms. The quantitative estimate of drug-likeness (QED) is 0.174. The van der Waals surface area contributed by atoms with Crippen LogP contribution in [0.5, 0.6) is 5.75 Å². The van der Waals surface area contributed by atoms with Crippen molar-refractivity contribution in [2.24, 2.45) is 0 Å². The molecule has 0 spiro atoms. The third-order valence-corrected chi connectivity index (χ3v) is 10.8. The van der Waals surface area contributed by atoms with E-state index in [-0.39, 0.29) is 37.6 Å². The second-order valence-electron chi connectivity index (χ2n) is 16.7. The summed E-state index contributed by atoms with van der Waals surface area (Å²) in [5, 5.41) is 24.0. The number of fused-ring (bicyclic) bond motifs is 4. The Balaban J connectivity index is 0.00000469. The molecule has 0 saturated heterocycles. The number of phenols is 1. The van der Waals surface area contributed by atoms with Gasteiger partial charge in [0.15, 0.2) is 0 Å². The zero-order chi connectivity index (χ0) is 39.6. The molecule has 9 aromatic rings. The van der Waals surface area contributed by atoms with Gasteiger partial charge in [0.05, 0.1) is 33.9 Å². The van der Waals surface area contributed by atoms with Gasteiger partial charge in [-0.3, -0.25) is 9.55 Å². The Morgan fingerprint density at radius 2 is 1.45 bits per heavy atom. The Labute approximate surface area is 352 Å². The largest absolute Gasteiger partial charge is 0.507 e. The summed E-state index contributed by atoms with van der Waals surface area (Å²) in [7, 11) is 0. The van der Waals surface area contributed by atoms with Gasteiger partial charge in [-0.1, -0.05) is 149 Å². The molecule has 0 aliphatic rings. The van der Waals surface area contributed by atoms with E-state index in [4.69, 9.17) is 9.40 Å². The van der Waals surface area contributed by atoms with Gasteiger partial charge >= 0.3 is 0 Å². The summed E-state index contributed by atoms with van der Waals surface area (Å²) in [4.78, 5) is 10.2. The van der Waals surface area contributed by atoms with Crippen molar-refractivity contribution < 1.29 is 30.6 Å². The van der Waals surface area contributed by atoms with Crippen LogP contribution in [0, 0.1) is 17.4 Å². The number of para-hydroxylation sites is 3. The van der Waals surface area contributed by atoms with E-state index < -0.39 is 0 Å². The molecule has 3 heterocycles. The molecule has 6 nitrogen and oxygen atoms in total. The molecule has 58 heavy (non-hydrogen) atoms. The third-order valence-electron chi connectivity index (χ3n) is 10.8. The zero-order valence-electron chi connectivity index (χ0n) is 33.2. The Kier molecular flexibility index (Phi) is 9.70. The van der Waals surface area contributed by atoms with Gasteiger partial charge < -0.3 is 9.52 Å². The van der Waals surface area contributed by atoms with Crippen LogP contribution in [0.25, 0.3) is 83.6 Å². The van der Waals surface area contributed by atoms with Gasteiger partial charge in [0, 0.05) is 55.0 Å². The van der Waals surface area contributed by atoms with Gasteiger partial charge in [-0.25, -0.2) is 4.98 Å². The minimum Gasteiger partial charge on any atom is -0.507 e. The number of hydrogen-bond acceptors (Lipinski definition) is 5. The van der Waals surface area contributed by atoms with E-state index in [0.29, 0.717) is 28.2 Å². The molecule has 0 radical (unpaired) electrons. The minimum absolute atomic E-state index is 0. The molecule has 0 saturated carbocycles. The van der Waals surface area contributed by atoms with E-state index in [1.807, 2.05) is 54.6 Å². The summed E-state index contributed by atoms with van der Waals surface area (Å²) in [6.07, 6.45) is 1.65. The van der Waals surface area contributed by atoms with Crippen LogP contribution in [0.15, 0.2) is 138 Å². The van der Waals surface area contributed by atoms with Crippen molar-refractivity contribution in [3.63, 3.8) is 0 Å². The summed E-state index contributed by atoms with van der Waals surface area (Å²) < 4.78 is 8.84. The van der Waals surface area contributed by atoms with Crippen LogP contribution < -0.4 is 0 Å². The number of rotatable bonds is 5. The second-order valence-corrected chi connectivity index (χ2v) is 16.7. The number of furan rings is 1. The molecule has 0 bridgehead atoms. The number of aromatic nitrogens is 3. The van der Waals surface area contributed by atoms with Crippen molar-refractivity contribution in [3.05, 3.63) is 156 Å². The van der Waals surface area contributed by atoms with E-state index in [1.54, 1.807) is 18.3 Å². The fraction of sp³-hybridized carbons (Fsp3) is 0.157. The Bertz CT molecular complexity index is 3070. The van der Waals surface area contributed by atoms with Crippen LogP contribution in [0.3, 0.4) is 0 Å². The first kappa shape index (κ1) is 38.6. The number of aromatic hydroxyl groups is 1. The van der Waals surface area contributed by atoms with Gasteiger partial charge in [0.1, 0.15) is 17.2 Å². The predicted molar refractivity (Wildman–Crippen MR) is 231 cm³/mol. The fourth-order valence-electron chi connectivity index (χ4n) is 7.81. The van der Waals surface area contributed by atoms with Crippen LogP contribution in [0.1, 0.15) is 58.2 Å². The van der Waals surface area contributed by atoms with E-state index in [9.17, 15) is 10.4 Å². The van der Waals surface area contributed by atoms with Gasteiger partial charge in [-0.2, -0.15) is 5.26 Å². The molecule has 0 unspecified atom stereocenters. The molecule has 0 aliphatic heterocycles. The van der Waals surface area contributed by atoms with Crippen LogP contribution >= 0.6 is 0 Å². The molecule has 0 aliphatic carbocycles. The molecule has 288 valence electrons. The van der Waals surface area contributed by atoms with Gasteiger partial charge in [0.25, 0.3) is 0 Å². The van der Waals surface area contributed by atoms with E-state index in [0.717, 1.165) is 72.0 Å². The van der Waals surface area contributed by atoms with Crippen LogP contribution in [0.2, 0.25) is 0 Å². The number of hydrogen-bond donors (Lipinski definition) is 1. The monoisotopic (exact) mass is 936 g/mol. The first-order valence-electron chi connectivity index (χ1n) is 19.2. The molecule has 1 N–H and O–H groups in total. The summed E-state index contributed by atoms with van der Waals surface area (Å²) in [5.41, 5.74) is 11.5. The van der Waals surface area contributed by atoms with Crippen molar-refractivity contribution in [2.75, 3.05) is 0 Å². The summed E-state index contributed by atoms with van der Waals surface area (Å²) >= 11 is 0. The zero-order valence-corrected chi connectivity index (χ0v) is 35.4. The second kappa shape index (κ2) is 14.6. The van der Waals surface area contributed by atoms with Crippen molar-refractivity contribution in [1.29, 1.82) is 5.26 Å². The van der Waals surface area contributed by atoms with Crippen molar-refractivity contribution in [3.8, 4) is 62.4 Å². The molecular formula is C51H41N4O2Pt-. The number of imidazole rings is 1. The van der Waals surface area contributed by atoms with Crippen molar-refractivity contribution >= 4 is 33.0 Å². The fourth-order valence-corrected chi connectivity index (χ4v) is 7.81. The first-order valence-corrected chi connectivity index (χ1v) is 19.2. The van der Waals surface area contributed by atoms with E-state index >= 15 is 0 Å². The number of benzene rings is 6. The number of pyridine rings is 1. The normalized spacial score (nSPS) is 11.9. The van der Waals surface area contributed by atoms with Crippen LogP contribution in [-0.4, -0.2) is 19.6 Å². The van der Waals surface area contributed by atoms with Gasteiger partial charge in [0.2, 0.25) is 0 Å². The minimum atomic E-state index is -0.344. The molecule has 3 aromatic heterocycles. The average Bonchev–Trinajstić information content (AvgIpc) is 3.79. The molecule has 9 rings (SSSR count). The maximum Gasteiger partial charge on any atom is 0.148 e. The van der Waals surface area contributed by atoms with Crippen LogP contribution in [-0.2, 0) is 31.9 Å². The maximum atomic E-state index is 12.4. The first-order chi connectivity index (χ1) is 27.4. The summed E-state index contributed by atoms with van der Waals surface area (Å²) in [6.45, 7) is 13.0. The molecule has 0 fully saturated rings. The SMILES string of the molecule is CC(C)(C)c1cc(-c2nc3c(-c4[c-]c(-c5cc(C#N)ccn5)cc5c4oc4ccccc45)cccc3n2-c2ccccc2-c2ccccc2)c(O)c(C(C)(C)C)c1.[Pt]. The average molecular weight is 937 g/mol. The summed E-state index contributed by atoms with van der Waals surface area (Å²) in [6, 6.07) is 48.6. The Morgan fingerprint density at radius 3 is 2.21 bits per heavy atom. The predicted octanol–water partition coefficient (Wildman–Crippen LogP) is 13.0. The van der Waals surface area contributed by atoms with E-state index in [1.165, 1.54) is 0 Å². The van der Waals surface area contributed by atoms with Gasteiger partial charge in [-0.15, -0.1) is 12.1 Å². The molecule has 0 amide bonds. The number of nitriles is 1. The van der Waals surface area contributed by atoms with Crippen LogP contribution in [0.4, 0.5) is 0 Å². The number of nitrogens with zero attached hydrogens (tertiary/aromatic N) is 4. The smallest absolute Gasteiger partial charge is 0.148 e. The molecule has 0 atom stereocenters. The van der Waals surface area contributed by atoms with Crippen molar-refractivity contribution in [2.45, 2.75) is 52.4 Å². The topological polar surface area (TPSA) is 87.9 Å². The van der Waals surface area contributed by atoms with Crippen molar-refractivity contribution in [1.82, 2.24) is 14.5 Å². The standard InChI is InChI=1S/C51H41N4O2.Pt/c1-50(2,3)34-28-40(47(56)41(29-34)51(4,5)6)49-54-46-37(19-14-21-44(46)55(49)43-20-12-10-17-35(43)32-15-8-7-9-16-32)39-27-33(42-25-31(30-52)23-24-53-42)26-38-36-18-11-13-22-45(36)57-48(38)39;/h7-26,28-29,56H,1-6H3;/q-1;. The third kappa shape index (κ3) is 6.60. The number of phenolic OH excluding ortho intramolecular Hbond substituents is 1. The van der Waals surface area contributed by atoms with Gasteiger partial charge in [-0.05, 0) is 57.7 Å².